The molecule has 2 unspecified atom stereocenters. The summed E-state index contributed by atoms with van der Waals surface area (Å²) in [5.74, 6) is 0.750. The highest BCUT2D eigenvalue weighted by Crippen LogP contribution is 2.29. The molecule has 0 aliphatic carbocycles. The fourth-order valence-electron chi connectivity index (χ4n) is 3.69. The minimum absolute atomic E-state index is 0.730. The number of rotatable bonds is 3. The van der Waals surface area contributed by atoms with Crippen LogP contribution in [0.15, 0.2) is 10.8 Å². The van der Waals surface area contributed by atoms with Crippen molar-refractivity contribution in [1.29, 1.82) is 0 Å². The SMILES string of the molecule is Cc1cscc1CN1CC2CCCN2CC1C(C)C. The summed E-state index contributed by atoms with van der Waals surface area (Å²) < 4.78 is 0. The molecule has 0 spiro atoms. The van der Waals surface area contributed by atoms with Crippen molar-refractivity contribution in [3.63, 3.8) is 0 Å². The van der Waals surface area contributed by atoms with Gasteiger partial charge in [-0.3, -0.25) is 9.80 Å². The molecule has 2 atom stereocenters. The molecule has 0 saturated carbocycles. The lowest BCUT2D eigenvalue weighted by atomic mass is 9.96. The second-order valence-corrected chi connectivity index (χ2v) is 7.36. The van der Waals surface area contributed by atoms with Crippen LogP contribution in [0.2, 0.25) is 0 Å². The minimum atomic E-state index is 0.730. The molecule has 2 aliphatic heterocycles. The molecule has 0 bridgehead atoms. The minimum Gasteiger partial charge on any atom is -0.298 e. The molecular weight excluding hydrogens is 252 g/mol. The number of thiophene rings is 1. The zero-order valence-corrected chi connectivity index (χ0v) is 13.2. The van der Waals surface area contributed by atoms with E-state index in [2.05, 4.69) is 41.3 Å². The van der Waals surface area contributed by atoms with E-state index in [9.17, 15) is 0 Å². The Hall–Kier alpha value is -0.380. The predicted octanol–water partition coefficient (Wildman–Crippen LogP) is 3.36. The monoisotopic (exact) mass is 278 g/mol. The summed E-state index contributed by atoms with van der Waals surface area (Å²) in [5, 5.41) is 4.62. The normalized spacial score (nSPS) is 29.1. The van der Waals surface area contributed by atoms with E-state index in [4.69, 9.17) is 0 Å². The molecule has 0 aromatic carbocycles. The second-order valence-electron chi connectivity index (χ2n) is 6.61. The highest BCUT2D eigenvalue weighted by atomic mass is 32.1. The van der Waals surface area contributed by atoms with Crippen LogP contribution in [0.4, 0.5) is 0 Å². The molecule has 0 N–H and O–H groups in total. The molecule has 2 aliphatic rings. The Labute approximate surface area is 121 Å². The van der Waals surface area contributed by atoms with Crippen LogP contribution >= 0.6 is 11.3 Å². The fourth-order valence-corrected chi connectivity index (χ4v) is 4.53. The van der Waals surface area contributed by atoms with Crippen molar-refractivity contribution in [1.82, 2.24) is 9.80 Å². The van der Waals surface area contributed by atoms with E-state index in [0.29, 0.717) is 0 Å². The number of piperazine rings is 1. The van der Waals surface area contributed by atoms with Crippen LogP contribution < -0.4 is 0 Å². The van der Waals surface area contributed by atoms with E-state index in [-0.39, 0.29) is 0 Å². The Balaban J connectivity index is 1.75. The maximum absolute atomic E-state index is 2.76. The van der Waals surface area contributed by atoms with Crippen LogP contribution in [-0.4, -0.2) is 41.5 Å². The number of nitrogens with zero attached hydrogens (tertiary/aromatic N) is 2. The number of aryl methyl sites for hydroxylation is 1. The third-order valence-corrected chi connectivity index (χ3v) is 5.85. The van der Waals surface area contributed by atoms with Crippen LogP contribution in [0.1, 0.15) is 37.8 Å². The number of hydrogen-bond donors (Lipinski definition) is 0. The second kappa shape index (κ2) is 5.55. The lowest BCUT2D eigenvalue weighted by Crippen LogP contribution is -2.57. The van der Waals surface area contributed by atoms with E-state index in [1.165, 1.54) is 38.0 Å². The van der Waals surface area contributed by atoms with Gasteiger partial charge in [0.2, 0.25) is 0 Å². The summed E-state index contributed by atoms with van der Waals surface area (Å²) in [6.45, 7) is 12.1. The van der Waals surface area contributed by atoms with Gasteiger partial charge < -0.3 is 0 Å². The van der Waals surface area contributed by atoms with E-state index in [0.717, 1.165) is 24.5 Å². The highest BCUT2D eigenvalue weighted by Gasteiger charge is 2.37. The Morgan fingerprint density at radius 2 is 2.16 bits per heavy atom. The molecule has 0 amide bonds. The van der Waals surface area contributed by atoms with Crippen LogP contribution in [0.25, 0.3) is 0 Å². The van der Waals surface area contributed by atoms with Gasteiger partial charge in [-0.25, -0.2) is 0 Å². The molecular formula is C16H26N2S. The fraction of sp³-hybridized carbons (Fsp3) is 0.750. The van der Waals surface area contributed by atoms with E-state index in [1.807, 2.05) is 11.3 Å². The van der Waals surface area contributed by atoms with Gasteiger partial charge in [0, 0.05) is 31.7 Å². The zero-order chi connectivity index (χ0) is 13.4. The van der Waals surface area contributed by atoms with Gasteiger partial charge in [0.05, 0.1) is 0 Å². The maximum Gasteiger partial charge on any atom is 0.0250 e. The van der Waals surface area contributed by atoms with Crippen molar-refractivity contribution < 1.29 is 0 Å². The standard InChI is InChI=1S/C16H26N2S/c1-12(2)16-9-17-6-4-5-15(17)8-18(16)7-14-11-19-10-13(14)3/h10-12,15-16H,4-9H2,1-3H3. The largest absolute Gasteiger partial charge is 0.298 e. The van der Waals surface area contributed by atoms with Gasteiger partial charge in [0.1, 0.15) is 0 Å². The molecule has 1 aromatic heterocycles. The first-order valence-corrected chi connectivity index (χ1v) is 8.59. The summed E-state index contributed by atoms with van der Waals surface area (Å²) in [6.07, 6.45) is 2.81. The molecule has 3 heteroatoms. The van der Waals surface area contributed by atoms with Gasteiger partial charge >= 0.3 is 0 Å². The number of fused-ring (bicyclic) bond motifs is 1. The molecule has 2 fully saturated rings. The van der Waals surface area contributed by atoms with Crippen molar-refractivity contribution >= 4 is 11.3 Å². The Morgan fingerprint density at radius 3 is 2.84 bits per heavy atom. The quantitative estimate of drug-likeness (QED) is 0.836. The summed E-state index contributed by atoms with van der Waals surface area (Å²) in [5.41, 5.74) is 3.02. The average Bonchev–Trinajstić information content (AvgIpc) is 2.97. The highest BCUT2D eigenvalue weighted by molar-refractivity contribution is 7.08. The van der Waals surface area contributed by atoms with E-state index >= 15 is 0 Å². The molecule has 19 heavy (non-hydrogen) atoms. The number of hydrogen-bond acceptors (Lipinski definition) is 3. The maximum atomic E-state index is 2.76. The molecule has 2 saturated heterocycles. The average molecular weight is 278 g/mol. The first-order chi connectivity index (χ1) is 9.15. The predicted molar refractivity (Wildman–Crippen MR) is 82.7 cm³/mol. The lowest BCUT2D eigenvalue weighted by Gasteiger charge is -2.45. The van der Waals surface area contributed by atoms with Gasteiger partial charge in [0.15, 0.2) is 0 Å². The van der Waals surface area contributed by atoms with Gasteiger partial charge in [-0.2, -0.15) is 11.3 Å². The third kappa shape index (κ3) is 2.74. The zero-order valence-electron chi connectivity index (χ0n) is 12.4. The van der Waals surface area contributed by atoms with Crippen LogP contribution in [0, 0.1) is 12.8 Å². The Bertz CT molecular complexity index is 426. The summed E-state index contributed by atoms with van der Waals surface area (Å²) in [6, 6.07) is 1.56. The first kappa shape index (κ1) is 13.6. The van der Waals surface area contributed by atoms with Gasteiger partial charge in [-0.15, -0.1) is 0 Å². The summed E-state index contributed by atoms with van der Waals surface area (Å²) >= 11 is 1.85. The van der Waals surface area contributed by atoms with Crippen LogP contribution in [0.3, 0.4) is 0 Å². The molecule has 3 rings (SSSR count). The topological polar surface area (TPSA) is 6.48 Å². The third-order valence-electron chi connectivity index (χ3n) is 4.94. The van der Waals surface area contributed by atoms with Gasteiger partial charge in [0.25, 0.3) is 0 Å². The Morgan fingerprint density at radius 1 is 1.32 bits per heavy atom. The summed E-state index contributed by atoms with van der Waals surface area (Å²) in [4.78, 5) is 5.49. The first-order valence-electron chi connectivity index (χ1n) is 7.65. The van der Waals surface area contributed by atoms with E-state index < -0.39 is 0 Å². The van der Waals surface area contributed by atoms with E-state index in [1.54, 1.807) is 5.56 Å². The summed E-state index contributed by atoms with van der Waals surface area (Å²) in [7, 11) is 0. The Kier molecular flexibility index (Phi) is 3.97. The van der Waals surface area contributed by atoms with Crippen molar-refractivity contribution in [3.8, 4) is 0 Å². The van der Waals surface area contributed by atoms with Crippen molar-refractivity contribution in [2.45, 2.75) is 52.2 Å². The van der Waals surface area contributed by atoms with Crippen molar-refractivity contribution in [3.05, 3.63) is 21.9 Å². The molecule has 3 heterocycles. The molecule has 106 valence electrons. The molecule has 2 nitrogen and oxygen atoms in total. The van der Waals surface area contributed by atoms with Crippen molar-refractivity contribution in [2.75, 3.05) is 19.6 Å². The molecule has 0 radical (unpaired) electrons. The van der Waals surface area contributed by atoms with Gasteiger partial charge in [-0.05, 0) is 54.1 Å². The van der Waals surface area contributed by atoms with Crippen LogP contribution in [-0.2, 0) is 6.54 Å². The molecule has 1 aromatic rings. The van der Waals surface area contributed by atoms with Gasteiger partial charge in [-0.1, -0.05) is 13.8 Å². The lowest BCUT2D eigenvalue weighted by molar-refractivity contribution is 0.0239. The van der Waals surface area contributed by atoms with Crippen molar-refractivity contribution in [2.24, 2.45) is 5.92 Å². The van der Waals surface area contributed by atoms with Crippen LogP contribution in [0.5, 0.6) is 0 Å². The smallest absolute Gasteiger partial charge is 0.0250 e.